The highest BCUT2D eigenvalue weighted by atomic mass is 19.1. The van der Waals surface area contributed by atoms with E-state index in [-0.39, 0.29) is 23.1 Å². The summed E-state index contributed by atoms with van der Waals surface area (Å²) >= 11 is 0. The van der Waals surface area contributed by atoms with E-state index in [1.165, 1.54) is 29.3 Å². The molecule has 6 heteroatoms. The first-order valence-electron chi connectivity index (χ1n) is 15.1. The molecule has 0 bridgehead atoms. The van der Waals surface area contributed by atoms with Crippen LogP contribution in [0.2, 0.25) is 0 Å². The van der Waals surface area contributed by atoms with Gasteiger partial charge in [0.15, 0.2) is 0 Å². The van der Waals surface area contributed by atoms with Gasteiger partial charge < -0.3 is 14.7 Å². The van der Waals surface area contributed by atoms with Crippen molar-refractivity contribution in [3.05, 3.63) is 107 Å². The van der Waals surface area contributed by atoms with E-state index < -0.39 is 0 Å². The number of para-hydroxylation sites is 1. The maximum atomic E-state index is 15.5. The number of nitrogens with zero attached hydrogens (tertiary/aromatic N) is 4. The number of guanidine groups is 1. The summed E-state index contributed by atoms with van der Waals surface area (Å²) in [5.74, 6) is 0.233. The molecule has 0 spiro atoms. The molecule has 0 saturated carbocycles. The van der Waals surface area contributed by atoms with E-state index in [2.05, 4.69) is 79.8 Å². The fourth-order valence-electron chi connectivity index (χ4n) is 6.00. The van der Waals surface area contributed by atoms with Crippen molar-refractivity contribution in [2.24, 2.45) is 4.99 Å². The molecule has 0 radical (unpaired) electrons. The van der Waals surface area contributed by atoms with E-state index in [0.29, 0.717) is 25.2 Å². The summed E-state index contributed by atoms with van der Waals surface area (Å²) in [6, 6.07) is 18.6. The third kappa shape index (κ3) is 5.87. The molecule has 1 unspecified atom stereocenters. The smallest absolute Gasteiger partial charge is 0.207 e. The number of benzene rings is 3. The number of hydrogen-bond acceptors (Lipinski definition) is 4. The van der Waals surface area contributed by atoms with Gasteiger partial charge in [-0.25, -0.2) is 13.8 Å². The Bertz CT molecular complexity index is 1500. The summed E-state index contributed by atoms with van der Waals surface area (Å²) in [6.45, 7) is 17.9. The molecule has 0 aliphatic carbocycles. The van der Waals surface area contributed by atoms with Crippen molar-refractivity contribution in [1.29, 1.82) is 0 Å². The first-order chi connectivity index (χ1) is 20.1. The number of halogens is 2. The molecule has 4 nitrogen and oxygen atoms in total. The van der Waals surface area contributed by atoms with Crippen LogP contribution >= 0.6 is 0 Å². The van der Waals surface area contributed by atoms with Gasteiger partial charge >= 0.3 is 0 Å². The molecular weight excluding hydrogens is 526 g/mol. The maximum Gasteiger partial charge on any atom is 0.207 e. The molecule has 0 aromatic heterocycles. The molecule has 3 aromatic rings. The second-order valence-corrected chi connectivity index (χ2v) is 12.2. The summed E-state index contributed by atoms with van der Waals surface area (Å²) in [4.78, 5) is 12.0. The maximum absolute atomic E-state index is 15.5. The lowest BCUT2D eigenvalue weighted by Crippen LogP contribution is -2.55. The van der Waals surface area contributed by atoms with Crippen molar-refractivity contribution in [3.8, 4) is 0 Å². The average Bonchev–Trinajstić information content (AvgIpc) is 2.99. The monoisotopic (exact) mass is 568 g/mol. The lowest BCUT2D eigenvalue weighted by atomic mass is 9.85. The predicted octanol–water partition coefficient (Wildman–Crippen LogP) is 8.71. The van der Waals surface area contributed by atoms with Gasteiger partial charge in [-0.15, -0.1) is 5.73 Å². The summed E-state index contributed by atoms with van der Waals surface area (Å²) in [5, 5.41) is 0. The van der Waals surface area contributed by atoms with Crippen molar-refractivity contribution in [3.63, 3.8) is 0 Å². The van der Waals surface area contributed by atoms with Gasteiger partial charge in [-0.1, -0.05) is 65.5 Å². The Hall–Kier alpha value is -3.89. The number of aliphatic imine (C=N–C) groups is 1. The van der Waals surface area contributed by atoms with E-state index in [0.717, 1.165) is 54.4 Å². The Morgan fingerprint density at radius 2 is 1.64 bits per heavy atom. The molecule has 2 aliphatic heterocycles. The normalized spacial score (nSPS) is 17.1. The molecule has 1 fully saturated rings. The standard InChI is InChI=1S/C36H42F2N4/c1-7-25(8-2)23-33-30-11-10-12-31(38)34(30)39-35(41-21-19-40(20-22-41)29-17-15-28(37)16-18-29)42(33)32-24-27(36(4,5)6)14-13-26(32)9-3/h10-18,24,33H,1,8-9,19-23H2,2-6H3. The molecule has 3 aromatic carbocycles. The third-order valence-electron chi connectivity index (χ3n) is 8.58. The van der Waals surface area contributed by atoms with Gasteiger partial charge in [-0.05, 0) is 71.4 Å². The van der Waals surface area contributed by atoms with Crippen LogP contribution in [0.5, 0.6) is 0 Å². The fourth-order valence-corrected chi connectivity index (χ4v) is 6.00. The lowest BCUT2D eigenvalue weighted by molar-refractivity contribution is 0.373. The van der Waals surface area contributed by atoms with E-state index >= 15 is 4.39 Å². The van der Waals surface area contributed by atoms with Gasteiger partial charge in [-0.2, -0.15) is 0 Å². The van der Waals surface area contributed by atoms with E-state index in [4.69, 9.17) is 4.99 Å². The highest BCUT2D eigenvalue weighted by molar-refractivity contribution is 6.01. The molecule has 220 valence electrons. The van der Waals surface area contributed by atoms with Crippen molar-refractivity contribution < 1.29 is 8.78 Å². The van der Waals surface area contributed by atoms with Crippen molar-refractivity contribution in [2.75, 3.05) is 36.0 Å². The minimum atomic E-state index is -0.306. The van der Waals surface area contributed by atoms with Crippen LogP contribution in [-0.2, 0) is 11.8 Å². The van der Waals surface area contributed by atoms with Crippen LogP contribution in [0.25, 0.3) is 0 Å². The number of piperazine rings is 1. The second-order valence-electron chi connectivity index (χ2n) is 12.2. The van der Waals surface area contributed by atoms with Gasteiger partial charge in [0.05, 0.1) is 6.04 Å². The Kier molecular flexibility index (Phi) is 8.56. The summed E-state index contributed by atoms with van der Waals surface area (Å²) < 4.78 is 29.1. The van der Waals surface area contributed by atoms with Crippen LogP contribution in [0.15, 0.2) is 83.5 Å². The van der Waals surface area contributed by atoms with Crippen LogP contribution in [0.3, 0.4) is 0 Å². The molecule has 0 amide bonds. The zero-order chi connectivity index (χ0) is 30.0. The second kappa shape index (κ2) is 12.1. The Balaban J connectivity index is 1.64. The van der Waals surface area contributed by atoms with Gasteiger partial charge in [-0.3, -0.25) is 0 Å². The van der Waals surface area contributed by atoms with Crippen molar-refractivity contribution >= 4 is 23.0 Å². The lowest BCUT2D eigenvalue weighted by Gasteiger charge is -2.46. The summed E-state index contributed by atoms with van der Waals surface area (Å²) in [6.07, 6.45) is 2.36. The molecule has 2 aliphatic rings. The van der Waals surface area contributed by atoms with Crippen LogP contribution in [0.1, 0.15) is 70.2 Å². The predicted molar refractivity (Wildman–Crippen MR) is 171 cm³/mol. The van der Waals surface area contributed by atoms with E-state index in [1.54, 1.807) is 6.07 Å². The quantitative estimate of drug-likeness (QED) is 0.278. The SMILES string of the molecule is C=C=C(CC)CC1c2cccc(F)c2N=C(N2CCN(c3ccc(F)cc3)CC2)N1c1cc(C(C)(C)C)ccc1CC. The van der Waals surface area contributed by atoms with E-state index in [1.807, 2.05) is 18.2 Å². The van der Waals surface area contributed by atoms with Gasteiger partial charge in [0.1, 0.15) is 17.3 Å². The van der Waals surface area contributed by atoms with Crippen molar-refractivity contribution in [2.45, 2.75) is 65.3 Å². The number of rotatable bonds is 6. The first-order valence-corrected chi connectivity index (χ1v) is 15.1. The fraction of sp³-hybridized carbons (Fsp3) is 0.389. The Morgan fingerprint density at radius 1 is 0.952 bits per heavy atom. The largest absolute Gasteiger partial charge is 0.368 e. The molecule has 2 heterocycles. The number of anilines is 2. The molecule has 0 N–H and O–H groups in total. The topological polar surface area (TPSA) is 22.1 Å². The number of fused-ring (bicyclic) bond motifs is 1. The molecule has 42 heavy (non-hydrogen) atoms. The van der Waals surface area contributed by atoms with E-state index in [9.17, 15) is 4.39 Å². The zero-order valence-electron chi connectivity index (χ0n) is 25.6. The van der Waals surface area contributed by atoms with Gasteiger partial charge in [0.2, 0.25) is 5.96 Å². The van der Waals surface area contributed by atoms with Gasteiger partial charge in [0, 0.05) is 49.5 Å². The number of hydrogen-bond donors (Lipinski definition) is 0. The van der Waals surface area contributed by atoms with Crippen LogP contribution in [0, 0.1) is 11.6 Å². The number of aryl methyl sites for hydroxylation is 1. The third-order valence-corrected chi connectivity index (χ3v) is 8.58. The van der Waals surface area contributed by atoms with Crippen LogP contribution in [0.4, 0.5) is 25.8 Å². The first kappa shape index (κ1) is 29.6. The molecular formula is C36H42F2N4. The van der Waals surface area contributed by atoms with Crippen LogP contribution < -0.4 is 9.80 Å². The minimum absolute atomic E-state index is 0.0377. The molecule has 1 saturated heterocycles. The zero-order valence-corrected chi connectivity index (χ0v) is 25.6. The molecule has 1 atom stereocenters. The minimum Gasteiger partial charge on any atom is -0.368 e. The van der Waals surface area contributed by atoms with Crippen molar-refractivity contribution in [1.82, 2.24) is 4.90 Å². The molecule has 5 rings (SSSR count). The van der Waals surface area contributed by atoms with Crippen LogP contribution in [-0.4, -0.2) is 37.0 Å². The Morgan fingerprint density at radius 3 is 2.26 bits per heavy atom. The summed E-state index contributed by atoms with van der Waals surface area (Å²) in [7, 11) is 0. The highest BCUT2D eigenvalue weighted by Crippen LogP contribution is 2.45. The Labute approximate surface area is 249 Å². The van der Waals surface area contributed by atoms with Gasteiger partial charge in [0.25, 0.3) is 0 Å². The highest BCUT2D eigenvalue weighted by Gasteiger charge is 2.37. The summed E-state index contributed by atoms with van der Waals surface area (Å²) in [5.41, 5.74) is 10.1. The average molecular weight is 569 g/mol.